The highest BCUT2D eigenvalue weighted by molar-refractivity contribution is 7.91. The van der Waals surface area contributed by atoms with E-state index in [0.717, 1.165) is 11.1 Å². The maximum absolute atomic E-state index is 13.2. The molecule has 0 aromatic heterocycles. The lowest BCUT2D eigenvalue weighted by Crippen LogP contribution is -2.46. The molecule has 2 amide bonds. The molecule has 8 heteroatoms. The molecule has 0 spiro atoms. The maximum atomic E-state index is 13.2. The first-order valence-electron chi connectivity index (χ1n) is 10.2. The van der Waals surface area contributed by atoms with Crippen LogP contribution in [0, 0.1) is 5.92 Å². The first-order valence-corrected chi connectivity index (χ1v) is 11.7. The van der Waals surface area contributed by atoms with Crippen molar-refractivity contribution in [3.8, 4) is 11.1 Å². The van der Waals surface area contributed by atoms with Gasteiger partial charge in [-0.3, -0.25) is 4.79 Å². The monoisotopic (exact) mass is 445 g/mol. The highest BCUT2D eigenvalue weighted by Gasteiger charge is 2.29. The van der Waals surface area contributed by atoms with E-state index >= 15 is 0 Å². The number of nitrogens with zero attached hydrogens (tertiary/aromatic N) is 1. The van der Waals surface area contributed by atoms with Crippen LogP contribution in [0.2, 0.25) is 0 Å². The molecule has 0 heterocycles. The molecule has 168 valence electrons. The van der Waals surface area contributed by atoms with Crippen molar-refractivity contribution < 1.29 is 18.5 Å². The highest BCUT2D eigenvalue weighted by atomic mass is 32.2. The number of carbonyl (C=O) groups excluding carboxylic acids is 2. The summed E-state index contributed by atoms with van der Waals surface area (Å²) in [4.78, 5) is 25.3. The molecule has 0 aliphatic carbocycles. The average molecular weight is 446 g/mol. The summed E-state index contributed by atoms with van der Waals surface area (Å²) in [6, 6.07) is 15.4. The summed E-state index contributed by atoms with van der Waals surface area (Å²) in [6.07, 6.45) is -0.146. The van der Waals surface area contributed by atoms with Crippen LogP contribution in [0.3, 0.4) is 0 Å². The van der Waals surface area contributed by atoms with Crippen molar-refractivity contribution in [1.82, 2.24) is 5.32 Å². The molecule has 3 N–H and O–H groups in total. The molecule has 3 atom stereocenters. The molecular weight excluding hydrogens is 414 g/mol. The topological polar surface area (TPSA) is 111 Å². The van der Waals surface area contributed by atoms with Crippen LogP contribution in [0.4, 0.5) is 4.79 Å². The number of alkyl carbamates (subject to hydrolysis) is 1. The summed E-state index contributed by atoms with van der Waals surface area (Å²) in [7, 11) is -3.51. The van der Waals surface area contributed by atoms with Crippen molar-refractivity contribution in [2.45, 2.75) is 57.6 Å². The van der Waals surface area contributed by atoms with E-state index in [2.05, 4.69) is 9.68 Å². The lowest BCUT2D eigenvalue weighted by atomic mass is 9.99. The van der Waals surface area contributed by atoms with Crippen molar-refractivity contribution in [1.29, 1.82) is 0 Å². The number of nitrogens with one attached hydrogen (secondary N) is 1. The predicted octanol–water partition coefficient (Wildman–Crippen LogP) is 4.52. The Bertz CT molecular complexity index is 1040. The minimum Gasteiger partial charge on any atom is -0.444 e. The predicted molar refractivity (Wildman–Crippen MR) is 123 cm³/mol. The van der Waals surface area contributed by atoms with Crippen LogP contribution in [0.25, 0.3) is 11.1 Å². The van der Waals surface area contributed by atoms with E-state index in [1.807, 2.05) is 43.3 Å². The van der Waals surface area contributed by atoms with Crippen molar-refractivity contribution in [3.05, 3.63) is 54.6 Å². The Balaban J connectivity index is 2.34. The molecule has 0 fully saturated rings. The Hall–Kier alpha value is -2.71. The van der Waals surface area contributed by atoms with Crippen LogP contribution in [-0.4, -0.2) is 27.9 Å². The number of nitrogens with two attached hydrogens (primary N) is 1. The van der Waals surface area contributed by atoms with Crippen LogP contribution in [-0.2, 0) is 19.4 Å². The molecular formula is C23H31N3O4S. The van der Waals surface area contributed by atoms with E-state index in [-0.39, 0.29) is 10.8 Å². The van der Waals surface area contributed by atoms with Gasteiger partial charge in [-0.15, -0.1) is 4.36 Å². The summed E-state index contributed by atoms with van der Waals surface area (Å²) >= 11 is 0. The summed E-state index contributed by atoms with van der Waals surface area (Å²) in [6.45, 7) is 8.85. The quantitative estimate of drug-likeness (QED) is 0.681. The van der Waals surface area contributed by atoms with E-state index in [0.29, 0.717) is 6.42 Å². The first kappa shape index (κ1) is 24.6. The zero-order valence-electron chi connectivity index (χ0n) is 18.6. The number of carbonyl (C=O) groups is 2. The fraction of sp³-hybridized carbons (Fsp3) is 0.391. The number of hydrogen-bond acceptors (Lipinski definition) is 4. The number of amides is 2. The summed E-state index contributed by atoms with van der Waals surface area (Å²) in [5, 5.41) is 8.54. The standard InChI is InChI=1S/C23H31N3O4S/c1-6-16(2)20(25-22(28)30-23(3,4)5)21(27)26-31(24,29)19-14-10-13-18(15-19)17-11-8-7-9-12-17/h7-16,20H,6H2,1-5H3,(H,25,28)(H2,24,26,27,29)/t16-,20-,31?/m0/s1. The molecule has 2 aromatic rings. The third-order valence-electron chi connectivity index (χ3n) is 4.66. The van der Waals surface area contributed by atoms with Crippen LogP contribution in [0.15, 0.2) is 63.9 Å². The normalized spacial score (nSPS) is 15.3. The van der Waals surface area contributed by atoms with Gasteiger partial charge in [0.05, 0.1) is 4.90 Å². The Morgan fingerprint density at radius 3 is 2.29 bits per heavy atom. The van der Waals surface area contributed by atoms with Crippen LogP contribution < -0.4 is 10.5 Å². The average Bonchev–Trinajstić information content (AvgIpc) is 2.70. The Kier molecular flexibility index (Phi) is 7.97. The fourth-order valence-electron chi connectivity index (χ4n) is 2.85. The zero-order chi connectivity index (χ0) is 23.2. The van der Waals surface area contributed by atoms with Crippen molar-refractivity contribution in [2.75, 3.05) is 0 Å². The largest absolute Gasteiger partial charge is 0.444 e. The van der Waals surface area contributed by atoms with Gasteiger partial charge in [0, 0.05) is 0 Å². The van der Waals surface area contributed by atoms with Crippen LogP contribution >= 0.6 is 0 Å². The van der Waals surface area contributed by atoms with Gasteiger partial charge in [-0.25, -0.2) is 14.1 Å². The number of hydrogen-bond donors (Lipinski definition) is 2. The minimum absolute atomic E-state index is 0.238. The van der Waals surface area contributed by atoms with Gasteiger partial charge in [0.2, 0.25) is 0 Å². The second-order valence-electron chi connectivity index (χ2n) is 8.40. The Labute approximate surface area is 184 Å². The smallest absolute Gasteiger partial charge is 0.408 e. The molecule has 1 unspecified atom stereocenters. The summed E-state index contributed by atoms with van der Waals surface area (Å²) in [5.74, 6) is -1.01. The van der Waals surface area contributed by atoms with Crippen molar-refractivity contribution in [3.63, 3.8) is 0 Å². The van der Waals surface area contributed by atoms with E-state index in [4.69, 9.17) is 9.88 Å². The number of benzene rings is 2. The van der Waals surface area contributed by atoms with Gasteiger partial charge in [-0.05, 0) is 49.9 Å². The molecule has 2 rings (SSSR count). The Morgan fingerprint density at radius 2 is 1.71 bits per heavy atom. The van der Waals surface area contributed by atoms with Crippen molar-refractivity contribution in [2.24, 2.45) is 15.4 Å². The van der Waals surface area contributed by atoms with E-state index < -0.39 is 33.6 Å². The molecule has 31 heavy (non-hydrogen) atoms. The maximum Gasteiger partial charge on any atom is 0.408 e. The molecule has 0 aliphatic heterocycles. The molecule has 0 bridgehead atoms. The first-order chi connectivity index (χ1) is 14.4. The van der Waals surface area contributed by atoms with Gasteiger partial charge >= 0.3 is 6.09 Å². The number of rotatable bonds is 6. The number of ether oxygens (including phenoxy) is 1. The lowest BCUT2D eigenvalue weighted by Gasteiger charge is -2.25. The van der Waals surface area contributed by atoms with Crippen LogP contribution in [0.1, 0.15) is 41.0 Å². The molecule has 7 nitrogen and oxygen atoms in total. The second kappa shape index (κ2) is 10.1. The highest BCUT2D eigenvalue weighted by Crippen LogP contribution is 2.23. The molecule has 0 aliphatic rings. The SMILES string of the molecule is CC[C@H](C)[C@H](NC(=O)OC(C)(C)C)C(=O)N=S(N)(=O)c1cccc(-c2ccccc2)c1. The zero-order valence-corrected chi connectivity index (χ0v) is 19.4. The van der Waals surface area contributed by atoms with E-state index in [1.54, 1.807) is 45.9 Å². The van der Waals surface area contributed by atoms with Gasteiger partial charge in [-0.2, -0.15) is 0 Å². The van der Waals surface area contributed by atoms with Gasteiger partial charge in [0.25, 0.3) is 5.91 Å². The Morgan fingerprint density at radius 1 is 1.10 bits per heavy atom. The summed E-state index contributed by atoms with van der Waals surface area (Å²) in [5.41, 5.74) is 1.02. The molecule has 0 saturated heterocycles. The third-order valence-corrected chi connectivity index (χ3v) is 6.04. The fourth-order valence-corrected chi connectivity index (χ4v) is 3.90. The third kappa shape index (κ3) is 7.18. The summed E-state index contributed by atoms with van der Waals surface area (Å²) < 4.78 is 22.2. The molecule has 2 aromatic carbocycles. The van der Waals surface area contributed by atoms with Gasteiger partial charge < -0.3 is 10.1 Å². The van der Waals surface area contributed by atoms with Gasteiger partial charge in [-0.1, -0.05) is 62.7 Å². The molecule has 0 saturated carbocycles. The van der Waals surface area contributed by atoms with E-state index in [1.165, 1.54) is 0 Å². The van der Waals surface area contributed by atoms with Gasteiger partial charge in [0.15, 0.2) is 0 Å². The van der Waals surface area contributed by atoms with E-state index in [9.17, 15) is 13.8 Å². The second-order valence-corrected chi connectivity index (χ2v) is 10.2. The lowest BCUT2D eigenvalue weighted by molar-refractivity contribution is -0.120. The minimum atomic E-state index is -3.51. The molecule has 0 radical (unpaired) electrons. The van der Waals surface area contributed by atoms with Gasteiger partial charge in [0.1, 0.15) is 21.6 Å². The van der Waals surface area contributed by atoms with Crippen LogP contribution in [0.5, 0.6) is 0 Å². The van der Waals surface area contributed by atoms with Crippen molar-refractivity contribution >= 4 is 21.9 Å².